The van der Waals surface area contributed by atoms with Crippen LogP contribution in [-0.4, -0.2) is 6.04 Å². The van der Waals surface area contributed by atoms with E-state index in [1.54, 1.807) is 0 Å². The zero-order chi connectivity index (χ0) is 11.5. The van der Waals surface area contributed by atoms with Gasteiger partial charge in [0.2, 0.25) is 0 Å². The van der Waals surface area contributed by atoms with Crippen molar-refractivity contribution in [2.24, 2.45) is 5.92 Å². The van der Waals surface area contributed by atoms with E-state index in [-0.39, 0.29) is 0 Å². The lowest BCUT2D eigenvalue weighted by atomic mass is 9.87. The van der Waals surface area contributed by atoms with E-state index in [4.69, 9.17) is 0 Å². The summed E-state index contributed by atoms with van der Waals surface area (Å²) in [6.45, 7) is 2.35. The molecule has 0 aromatic heterocycles. The quantitative estimate of drug-likeness (QED) is 0.775. The second-order valence-electron chi connectivity index (χ2n) is 4.71. The summed E-state index contributed by atoms with van der Waals surface area (Å²) < 4.78 is 2.28. The van der Waals surface area contributed by atoms with E-state index in [1.807, 2.05) is 6.07 Å². The van der Waals surface area contributed by atoms with E-state index in [9.17, 15) is 0 Å². The van der Waals surface area contributed by atoms with Crippen LogP contribution in [0.1, 0.15) is 32.6 Å². The highest BCUT2D eigenvalue weighted by molar-refractivity contribution is 9.11. The number of hydrogen-bond donors (Lipinski definition) is 1. The van der Waals surface area contributed by atoms with Crippen LogP contribution < -0.4 is 5.32 Å². The number of halogens is 2. The fourth-order valence-corrected chi connectivity index (χ4v) is 3.63. The van der Waals surface area contributed by atoms with Crippen molar-refractivity contribution in [1.29, 1.82) is 0 Å². The maximum Gasteiger partial charge on any atom is 0.0631 e. The standard InChI is InChI=1S/C13H17Br2N/c1-9-4-2-5-10(8-9)16-13-11(14)6-3-7-12(13)15/h3,6-7,9-10,16H,2,4-5,8H2,1H3. The van der Waals surface area contributed by atoms with E-state index in [1.165, 1.54) is 31.4 Å². The SMILES string of the molecule is CC1CCCC(Nc2c(Br)cccc2Br)C1. The molecule has 3 heteroatoms. The topological polar surface area (TPSA) is 12.0 Å². The van der Waals surface area contributed by atoms with Gasteiger partial charge in [0, 0.05) is 15.0 Å². The first-order chi connectivity index (χ1) is 7.66. The summed E-state index contributed by atoms with van der Waals surface area (Å²) >= 11 is 7.19. The van der Waals surface area contributed by atoms with Gasteiger partial charge in [-0.2, -0.15) is 0 Å². The number of para-hydroxylation sites is 1. The predicted octanol–water partition coefficient (Wildman–Crippen LogP) is 5.20. The van der Waals surface area contributed by atoms with E-state index in [0.717, 1.165) is 14.9 Å². The Balaban J connectivity index is 2.08. The van der Waals surface area contributed by atoms with Gasteiger partial charge in [0.1, 0.15) is 0 Å². The van der Waals surface area contributed by atoms with Crippen LogP contribution in [0.4, 0.5) is 5.69 Å². The van der Waals surface area contributed by atoms with Crippen molar-refractivity contribution in [3.8, 4) is 0 Å². The van der Waals surface area contributed by atoms with E-state index in [0.29, 0.717) is 6.04 Å². The molecule has 1 aliphatic carbocycles. The fourth-order valence-electron chi connectivity index (χ4n) is 2.41. The molecule has 16 heavy (non-hydrogen) atoms. The molecule has 88 valence electrons. The van der Waals surface area contributed by atoms with Gasteiger partial charge in [-0.1, -0.05) is 25.8 Å². The molecule has 2 unspecified atom stereocenters. The summed E-state index contributed by atoms with van der Waals surface area (Å²) in [5, 5.41) is 3.65. The molecule has 1 aliphatic rings. The first-order valence-corrected chi connectivity index (χ1v) is 7.46. The molecule has 1 aromatic carbocycles. The van der Waals surface area contributed by atoms with Crippen molar-refractivity contribution >= 4 is 37.5 Å². The molecular formula is C13H17Br2N. The minimum absolute atomic E-state index is 0.624. The Labute approximate surface area is 114 Å². The minimum atomic E-state index is 0.624. The molecule has 1 fully saturated rings. The van der Waals surface area contributed by atoms with Crippen molar-refractivity contribution in [2.45, 2.75) is 38.6 Å². The van der Waals surface area contributed by atoms with Gasteiger partial charge in [-0.05, 0) is 62.8 Å². The van der Waals surface area contributed by atoms with Gasteiger partial charge in [0.05, 0.1) is 5.69 Å². The summed E-state index contributed by atoms with van der Waals surface area (Å²) in [4.78, 5) is 0. The summed E-state index contributed by atoms with van der Waals surface area (Å²) in [5.41, 5.74) is 1.20. The molecule has 2 rings (SSSR count). The number of hydrogen-bond acceptors (Lipinski definition) is 1. The Hall–Kier alpha value is -0.0200. The third-order valence-corrected chi connectivity index (χ3v) is 4.57. The number of rotatable bonds is 2. The predicted molar refractivity (Wildman–Crippen MR) is 76.9 cm³/mol. The maximum absolute atomic E-state index is 3.65. The van der Waals surface area contributed by atoms with Gasteiger partial charge in [-0.25, -0.2) is 0 Å². The molecule has 0 saturated heterocycles. The van der Waals surface area contributed by atoms with Crippen LogP contribution in [0.2, 0.25) is 0 Å². The van der Waals surface area contributed by atoms with Gasteiger partial charge < -0.3 is 5.32 Å². The molecule has 1 nitrogen and oxygen atoms in total. The summed E-state index contributed by atoms with van der Waals surface area (Å²) in [5.74, 6) is 0.854. The molecule has 0 spiro atoms. The Morgan fingerprint density at radius 2 is 1.88 bits per heavy atom. The average Bonchev–Trinajstić information content (AvgIpc) is 2.24. The molecule has 1 aromatic rings. The second kappa shape index (κ2) is 5.54. The van der Waals surface area contributed by atoms with Crippen LogP contribution in [0.25, 0.3) is 0 Å². The van der Waals surface area contributed by atoms with Gasteiger partial charge in [0.25, 0.3) is 0 Å². The lowest BCUT2D eigenvalue weighted by molar-refractivity contribution is 0.358. The third-order valence-electron chi connectivity index (χ3n) is 3.25. The van der Waals surface area contributed by atoms with Crippen LogP contribution >= 0.6 is 31.9 Å². The highest BCUT2D eigenvalue weighted by Crippen LogP contribution is 2.34. The Kier molecular flexibility index (Phi) is 4.31. The van der Waals surface area contributed by atoms with Gasteiger partial charge in [0.15, 0.2) is 0 Å². The molecular weight excluding hydrogens is 330 g/mol. The molecule has 0 heterocycles. The zero-order valence-corrected chi connectivity index (χ0v) is 12.6. The Morgan fingerprint density at radius 1 is 1.19 bits per heavy atom. The van der Waals surface area contributed by atoms with Gasteiger partial charge in [-0.3, -0.25) is 0 Å². The molecule has 0 radical (unpaired) electrons. The van der Waals surface area contributed by atoms with Crippen molar-refractivity contribution in [2.75, 3.05) is 5.32 Å². The summed E-state index contributed by atoms with van der Waals surface area (Å²) in [6.07, 6.45) is 5.31. The number of benzene rings is 1. The van der Waals surface area contributed by atoms with Crippen molar-refractivity contribution in [1.82, 2.24) is 0 Å². The number of anilines is 1. The van der Waals surface area contributed by atoms with Crippen LogP contribution in [0.3, 0.4) is 0 Å². The first kappa shape index (κ1) is 12.4. The smallest absolute Gasteiger partial charge is 0.0631 e. The minimum Gasteiger partial charge on any atom is -0.380 e. The zero-order valence-electron chi connectivity index (χ0n) is 9.47. The fraction of sp³-hybridized carbons (Fsp3) is 0.538. The number of nitrogens with one attached hydrogen (secondary N) is 1. The monoisotopic (exact) mass is 345 g/mol. The van der Waals surface area contributed by atoms with E-state index in [2.05, 4.69) is 56.2 Å². The lowest BCUT2D eigenvalue weighted by Crippen LogP contribution is -2.26. The summed E-state index contributed by atoms with van der Waals surface area (Å²) in [7, 11) is 0. The normalized spacial score (nSPS) is 25.4. The highest BCUT2D eigenvalue weighted by atomic mass is 79.9. The van der Waals surface area contributed by atoms with Crippen molar-refractivity contribution in [3.05, 3.63) is 27.1 Å². The summed E-state index contributed by atoms with van der Waals surface area (Å²) in [6, 6.07) is 6.83. The van der Waals surface area contributed by atoms with Gasteiger partial charge >= 0.3 is 0 Å². The second-order valence-corrected chi connectivity index (χ2v) is 6.42. The molecule has 0 amide bonds. The van der Waals surface area contributed by atoms with Crippen molar-refractivity contribution in [3.63, 3.8) is 0 Å². The third kappa shape index (κ3) is 3.01. The Bertz CT molecular complexity index is 345. The van der Waals surface area contributed by atoms with Crippen molar-refractivity contribution < 1.29 is 0 Å². The highest BCUT2D eigenvalue weighted by Gasteiger charge is 2.19. The Morgan fingerprint density at radius 3 is 2.50 bits per heavy atom. The van der Waals surface area contributed by atoms with Crippen LogP contribution in [-0.2, 0) is 0 Å². The molecule has 0 aliphatic heterocycles. The van der Waals surface area contributed by atoms with Gasteiger partial charge in [-0.15, -0.1) is 0 Å². The first-order valence-electron chi connectivity index (χ1n) is 5.87. The maximum atomic E-state index is 3.65. The van der Waals surface area contributed by atoms with E-state index >= 15 is 0 Å². The largest absolute Gasteiger partial charge is 0.380 e. The molecule has 1 saturated carbocycles. The molecule has 0 bridgehead atoms. The van der Waals surface area contributed by atoms with Crippen LogP contribution in [0.15, 0.2) is 27.1 Å². The molecule has 1 N–H and O–H groups in total. The van der Waals surface area contributed by atoms with E-state index < -0.39 is 0 Å². The van der Waals surface area contributed by atoms with Crippen LogP contribution in [0.5, 0.6) is 0 Å². The molecule has 2 atom stereocenters. The van der Waals surface area contributed by atoms with Crippen LogP contribution in [0, 0.1) is 5.92 Å². The average molecular weight is 347 g/mol. The lowest BCUT2D eigenvalue weighted by Gasteiger charge is -2.29.